The molecule has 1 aromatic heterocycles. The van der Waals surface area contributed by atoms with E-state index < -0.39 is 10.9 Å². The van der Waals surface area contributed by atoms with Crippen LogP contribution in [0, 0.1) is 16.1 Å². The smallest absolute Gasteiger partial charge is 0.260 e. The fraction of sp³-hybridized carbons (Fsp3) is 0.400. The first-order valence-corrected chi connectivity index (χ1v) is 4.92. The number of pyridine rings is 1. The van der Waals surface area contributed by atoms with Crippen LogP contribution in [0.3, 0.4) is 0 Å². The predicted molar refractivity (Wildman–Crippen MR) is 60.9 cm³/mol. The molecule has 0 N–H and O–H groups in total. The molecule has 17 heavy (non-hydrogen) atoms. The number of nitro groups is 1. The van der Waals surface area contributed by atoms with Crippen LogP contribution in [-0.2, 0) is 6.54 Å². The van der Waals surface area contributed by atoms with E-state index in [1.807, 2.05) is 0 Å². The fourth-order valence-corrected chi connectivity index (χ4v) is 1.13. The Bertz CT molecular complexity index is 417. The van der Waals surface area contributed by atoms with E-state index in [1.165, 1.54) is 12.3 Å². The van der Waals surface area contributed by atoms with Crippen LogP contribution in [0.25, 0.3) is 0 Å². The Morgan fingerprint density at radius 1 is 1.59 bits per heavy atom. The maximum absolute atomic E-state index is 12.5. The van der Waals surface area contributed by atoms with Gasteiger partial charge in [-0.3, -0.25) is 15.1 Å². The second-order valence-corrected chi connectivity index (χ2v) is 3.61. The summed E-state index contributed by atoms with van der Waals surface area (Å²) < 4.78 is 12.5. The van der Waals surface area contributed by atoms with Crippen molar-refractivity contribution in [1.82, 2.24) is 9.88 Å². The van der Waals surface area contributed by atoms with E-state index in [1.54, 1.807) is 25.1 Å². The molecule has 1 rings (SSSR count). The lowest BCUT2D eigenvalue weighted by Gasteiger charge is -2.11. The molecule has 0 atom stereocenters. The number of amidine groups is 1. The van der Waals surface area contributed by atoms with Gasteiger partial charge in [0.05, 0.1) is 6.54 Å². The fourth-order valence-electron chi connectivity index (χ4n) is 1.13. The Hall–Kier alpha value is -2.05. The lowest BCUT2D eigenvalue weighted by molar-refractivity contribution is -0.464. The zero-order chi connectivity index (χ0) is 12.8. The average molecular weight is 240 g/mol. The molecule has 0 radical (unpaired) electrons. The number of nitrogens with zero attached hydrogens (tertiary/aromatic N) is 4. The zero-order valence-corrected chi connectivity index (χ0v) is 9.63. The molecule has 0 amide bonds. The Labute approximate surface area is 97.9 Å². The van der Waals surface area contributed by atoms with Gasteiger partial charge in [0.2, 0.25) is 5.95 Å². The number of rotatable bonds is 4. The quantitative estimate of drug-likeness (QED) is 0.258. The van der Waals surface area contributed by atoms with Crippen molar-refractivity contribution < 1.29 is 9.31 Å². The van der Waals surface area contributed by atoms with Gasteiger partial charge >= 0.3 is 0 Å². The van der Waals surface area contributed by atoms with Gasteiger partial charge in [-0.2, -0.15) is 4.39 Å². The van der Waals surface area contributed by atoms with Crippen molar-refractivity contribution in [3.8, 4) is 0 Å². The topological polar surface area (TPSA) is 71.6 Å². The summed E-state index contributed by atoms with van der Waals surface area (Å²) in [5.74, 6) is -0.199. The molecule has 0 bridgehead atoms. The highest BCUT2D eigenvalue weighted by Crippen LogP contribution is 2.01. The van der Waals surface area contributed by atoms with Gasteiger partial charge in [-0.25, -0.2) is 4.98 Å². The van der Waals surface area contributed by atoms with Crippen molar-refractivity contribution in [3.05, 3.63) is 40.0 Å². The molecule has 0 aromatic carbocycles. The highest BCUT2D eigenvalue weighted by atomic mass is 19.1. The van der Waals surface area contributed by atoms with Crippen LogP contribution < -0.4 is 0 Å². The van der Waals surface area contributed by atoms with Crippen molar-refractivity contribution in [3.63, 3.8) is 0 Å². The molecule has 0 aliphatic rings. The molecule has 0 aliphatic carbocycles. The van der Waals surface area contributed by atoms with E-state index >= 15 is 0 Å². The second kappa shape index (κ2) is 5.88. The van der Waals surface area contributed by atoms with Crippen molar-refractivity contribution in [2.45, 2.75) is 6.54 Å². The number of aromatic nitrogens is 1. The molecule has 92 valence electrons. The molecule has 6 nitrogen and oxygen atoms in total. The van der Waals surface area contributed by atoms with Crippen molar-refractivity contribution in [2.24, 2.45) is 4.99 Å². The third-order valence-corrected chi connectivity index (χ3v) is 2.02. The lowest BCUT2D eigenvalue weighted by Crippen LogP contribution is -2.29. The molecule has 0 saturated heterocycles. The average Bonchev–Trinajstić information content (AvgIpc) is 2.25. The van der Waals surface area contributed by atoms with Crippen LogP contribution in [0.5, 0.6) is 0 Å². The van der Waals surface area contributed by atoms with Crippen molar-refractivity contribution >= 4 is 5.84 Å². The maximum Gasteiger partial charge on any atom is 0.260 e. The van der Waals surface area contributed by atoms with Crippen LogP contribution in [0.1, 0.15) is 5.56 Å². The number of hydrogen-bond acceptors (Lipinski definition) is 4. The molecule has 0 aliphatic heterocycles. The molecule has 7 heteroatoms. The Morgan fingerprint density at radius 3 is 2.76 bits per heavy atom. The van der Waals surface area contributed by atoms with Crippen LogP contribution >= 0.6 is 0 Å². The molecular formula is C10H13FN4O2. The summed E-state index contributed by atoms with van der Waals surface area (Å²) in [6.07, 6.45) is 1.36. The lowest BCUT2D eigenvalue weighted by atomic mass is 10.3. The number of hydrogen-bond donors (Lipinski definition) is 0. The molecule has 0 fully saturated rings. The predicted octanol–water partition coefficient (Wildman–Crippen LogP) is 0.957. The molecule has 0 saturated carbocycles. The molecule has 1 heterocycles. The third-order valence-electron chi connectivity index (χ3n) is 2.02. The minimum absolute atomic E-state index is 0.245. The number of aliphatic imine (C=N–C) groups is 1. The van der Waals surface area contributed by atoms with Crippen molar-refractivity contribution in [1.29, 1.82) is 0 Å². The molecule has 0 unspecified atom stereocenters. The minimum atomic E-state index is -0.559. The summed E-state index contributed by atoms with van der Waals surface area (Å²) in [4.78, 5) is 19.1. The van der Waals surface area contributed by atoms with Crippen LogP contribution in [0.4, 0.5) is 4.39 Å². The first-order valence-electron chi connectivity index (χ1n) is 4.92. The first-order chi connectivity index (χ1) is 7.99. The van der Waals surface area contributed by atoms with Gasteiger partial charge in [0, 0.05) is 25.2 Å². The SMILES string of the molecule is CN(C)C(C[N+](=O)[O-])=NCc1ccc(F)nc1. The van der Waals surface area contributed by atoms with Crippen LogP contribution in [-0.4, -0.2) is 41.3 Å². The van der Waals surface area contributed by atoms with Gasteiger partial charge in [0.15, 0.2) is 5.84 Å². The maximum atomic E-state index is 12.5. The molecule has 1 aromatic rings. The number of likely N-dealkylation sites (N-methyl/N-ethyl adjacent to an activating group) is 1. The van der Waals surface area contributed by atoms with Gasteiger partial charge in [-0.1, -0.05) is 6.07 Å². The minimum Gasteiger partial charge on any atom is -0.361 e. The summed E-state index contributed by atoms with van der Waals surface area (Å²) in [7, 11) is 3.37. The van der Waals surface area contributed by atoms with Crippen LogP contribution in [0.15, 0.2) is 23.3 Å². The zero-order valence-electron chi connectivity index (χ0n) is 9.63. The Morgan fingerprint density at radius 2 is 2.29 bits per heavy atom. The highest BCUT2D eigenvalue weighted by Gasteiger charge is 2.09. The summed E-state index contributed by atoms with van der Waals surface area (Å²) >= 11 is 0. The van der Waals surface area contributed by atoms with E-state index in [9.17, 15) is 14.5 Å². The van der Waals surface area contributed by atoms with Crippen molar-refractivity contribution in [2.75, 3.05) is 20.6 Å². The standard InChI is InChI=1S/C10H13FN4O2/c1-14(2)10(7-15(16)17)13-6-8-3-4-9(11)12-5-8/h3-5H,6-7H2,1-2H3. The molecular weight excluding hydrogens is 227 g/mol. The second-order valence-electron chi connectivity index (χ2n) is 3.61. The van der Waals surface area contributed by atoms with E-state index in [4.69, 9.17) is 0 Å². The summed E-state index contributed by atoms with van der Waals surface area (Å²) in [5.41, 5.74) is 0.703. The summed E-state index contributed by atoms with van der Waals surface area (Å²) in [6.45, 7) is -0.0870. The van der Waals surface area contributed by atoms with E-state index in [0.717, 1.165) is 0 Å². The van der Waals surface area contributed by atoms with Gasteiger partial charge in [-0.15, -0.1) is 0 Å². The van der Waals surface area contributed by atoms with Gasteiger partial charge in [-0.05, 0) is 11.6 Å². The van der Waals surface area contributed by atoms with E-state index in [0.29, 0.717) is 11.4 Å². The van der Waals surface area contributed by atoms with E-state index in [-0.39, 0.29) is 13.1 Å². The number of halogens is 1. The highest BCUT2D eigenvalue weighted by molar-refractivity contribution is 5.82. The normalized spacial score (nSPS) is 11.4. The largest absolute Gasteiger partial charge is 0.361 e. The van der Waals surface area contributed by atoms with Gasteiger partial charge < -0.3 is 4.90 Å². The van der Waals surface area contributed by atoms with Gasteiger partial charge in [0.25, 0.3) is 6.54 Å². The first kappa shape index (κ1) is 13.0. The summed E-state index contributed by atoms with van der Waals surface area (Å²) in [6, 6.07) is 2.78. The van der Waals surface area contributed by atoms with Gasteiger partial charge in [0.1, 0.15) is 0 Å². The van der Waals surface area contributed by atoms with E-state index in [2.05, 4.69) is 9.98 Å². The monoisotopic (exact) mass is 240 g/mol. The third kappa shape index (κ3) is 4.54. The molecule has 0 spiro atoms. The Kier molecular flexibility index (Phi) is 4.50. The van der Waals surface area contributed by atoms with Crippen LogP contribution in [0.2, 0.25) is 0 Å². The Balaban J connectivity index is 2.72. The summed E-state index contributed by atoms with van der Waals surface area (Å²) in [5, 5.41) is 10.4.